The standard InChI is InChI=1S/C27H35Cl2N3O4S/c1-20(27(34)30-24-9-4-3-5-10-24)31(19-21-13-15-22(28)16-14-21)26(33)12-7-17-32(37(2,35)36)25-11-6-8-23(29)18-25/h6,8,11,13-16,18,20,24H,3-5,7,9-10,12,17,19H2,1-2H3,(H,30,34)/t20-/m1/s1. The Hall–Kier alpha value is -2.29. The van der Waals surface area contributed by atoms with E-state index in [1.165, 1.54) is 10.7 Å². The molecule has 37 heavy (non-hydrogen) atoms. The summed E-state index contributed by atoms with van der Waals surface area (Å²) in [5, 5.41) is 4.13. The summed E-state index contributed by atoms with van der Waals surface area (Å²) in [6, 6.07) is 13.2. The summed E-state index contributed by atoms with van der Waals surface area (Å²) in [5.74, 6) is -0.397. The van der Waals surface area contributed by atoms with E-state index in [1.54, 1.807) is 48.2 Å². The number of nitrogens with one attached hydrogen (secondary N) is 1. The van der Waals surface area contributed by atoms with Crippen LogP contribution in [-0.4, -0.2) is 50.0 Å². The first-order chi connectivity index (χ1) is 17.5. The highest BCUT2D eigenvalue weighted by Gasteiger charge is 2.28. The maximum Gasteiger partial charge on any atom is 0.242 e. The van der Waals surface area contributed by atoms with Crippen molar-refractivity contribution in [3.63, 3.8) is 0 Å². The molecule has 0 aromatic heterocycles. The number of sulfonamides is 1. The molecule has 1 atom stereocenters. The van der Waals surface area contributed by atoms with Gasteiger partial charge in [0.2, 0.25) is 21.8 Å². The summed E-state index contributed by atoms with van der Waals surface area (Å²) < 4.78 is 26.1. The SMILES string of the molecule is C[C@H](C(=O)NC1CCCCC1)N(Cc1ccc(Cl)cc1)C(=O)CCCN(c1cccc(Cl)c1)S(C)(=O)=O. The zero-order valence-electron chi connectivity index (χ0n) is 21.3. The lowest BCUT2D eigenvalue weighted by Gasteiger charge is -2.31. The van der Waals surface area contributed by atoms with E-state index in [9.17, 15) is 18.0 Å². The number of carbonyl (C=O) groups excluding carboxylic acids is 2. The minimum absolute atomic E-state index is 0.0845. The molecule has 2 aromatic carbocycles. The van der Waals surface area contributed by atoms with Crippen LogP contribution in [0.5, 0.6) is 0 Å². The minimum atomic E-state index is -3.58. The van der Waals surface area contributed by atoms with Crippen LogP contribution in [0, 0.1) is 0 Å². The quantitative estimate of drug-likeness (QED) is 0.393. The molecule has 202 valence electrons. The topological polar surface area (TPSA) is 86.8 Å². The molecule has 0 saturated heterocycles. The maximum absolute atomic E-state index is 13.4. The number of rotatable bonds is 11. The molecule has 0 aliphatic heterocycles. The van der Waals surface area contributed by atoms with Gasteiger partial charge in [-0.25, -0.2) is 8.42 Å². The van der Waals surface area contributed by atoms with E-state index in [0.29, 0.717) is 15.7 Å². The summed E-state index contributed by atoms with van der Waals surface area (Å²) in [5.41, 5.74) is 1.30. The van der Waals surface area contributed by atoms with E-state index in [2.05, 4.69) is 5.32 Å². The van der Waals surface area contributed by atoms with Crippen LogP contribution in [0.25, 0.3) is 0 Å². The molecule has 1 aliphatic rings. The van der Waals surface area contributed by atoms with Gasteiger partial charge >= 0.3 is 0 Å². The van der Waals surface area contributed by atoms with Gasteiger partial charge in [-0.15, -0.1) is 0 Å². The molecule has 0 radical (unpaired) electrons. The molecule has 1 N–H and O–H groups in total. The van der Waals surface area contributed by atoms with Crippen molar-refractivity contribution in [3.05, 3.63) is 64.1 Å². The number of anilines is 1. The zero-order valence-corrected chi connectivity index (χ0v) is 23.7. The smallest absolute Gasteiger partial charge is 0.242 e. The third kappa shape index (κ3) is 8.90. The van der Waals surface area contributed by atoms with Crippen LogP contribution in [0.1, 0.15) is 57.4 Å². The number of carbonyl (C=O) groups is 2. The highest BCUT2D eigenvalue weighted by atomic mass is 35.5. The number of halogens is 2. The van der Waals surface area contributed by atoms with E-state index in [0.717, 1.165) is 37.5 Å². The van der Waals surface area contributed by atoms with Crippen LogP contribution < -0.4 is 9.62 Å². The zero-order chi connectivity index (χ0) is 27.0. The van der Waals surface area contributed by atoms with Gasteiger partial charge in [-0.05, 0) is 62.1 Å². The second kappa shape index (κ2) is 13.5. The second-order valence-electron chi connectivity index (χ2n) is 9.59. The minimum Gasteiger partial charge on any atom is -0.352 e. The number of benzene rings is 2. The summed E-state index contributed by atoms with van der Waals surface area (Å²) in [6.07, 6.45) is 6.77. The van der Waals surface area contributed by atoms with E-state index < -0.39 is 16.1 Å². The van der Waals surface area contributed by atoms with Crippen LogP contribution >= 0.6 is 23.2 Å². The molecule has 0 unspecified atom stereocenters. The summed E-state index contributed by atoms with van der Waals surface area (Å²) in [7, 11) is -3.58. The second-order valence-corrected chi connectivity index (χ2v) is 12.4. The molecule has 1 fully saturated rings. The van der Waals surface area contributed by atoms with Gasteiger partial charge in [0.25, 0.3) is 0 Å². The Balaban J connectivity index is 1.71. The van der Waals surface area contributed by atoms with Crippen LogP contribution in [0.2, 0.25) is 10.0 Å². The molecule has 2 aromatic rings. The Morgan fingerprint density at radius 1 is 1.03 bits per heavy atom. The molecule has 0 heterocycles. The van der Waals surface area contributed by atoms with Gasteiger partial charge in [0, 0.05) is 35.6 Å². The molecular formula is C27H35Cl2N3O4S. The van der Waals surface area contributed by atoms with Crippen molar-refractivity contribution in [1.82, 2.24) is 10.2 Å². The number of amides is 2. The normalized spacial score (nSPS) is 15.1. The average molecular weight is 569 g/mol. The Kier molecular flexibility index (Phi) is 10.7. The highest BCUT2D eigenvalue weighted by Crippen LogP contribution is 2.23. The van der Waals surface area contributed by atoms with Crippen LogP contribution in [-0.2, 0) is 26.2 Å². The Labute approximate surface area is 230 Å². The monoisotopic (exact) mass is 567 g/mol. The van der Waals surface area contributed by atoms with Gasteiger partial charge in [-0.2, -0.15) is 0 Å². The van der Waals surface area contributed by atoms with E-state index in [-0.39, 0.29) is 43.8 Å². The summed E-state index contributed by atoms with van der Waals surface area (Å²) in [6.45, 7) is 2.10. The molecule has 0 bridgehead atoms. The Morgan fingerprint density at radius 3 is 2.32 bits per heavy atom. The average Bonchev–Trinajstić information content (AvgIpc) is 2.85. The summed E-state index contributed by atoms with van der Waals surface area (Å²) >= 11 is 12.1. The van der Waals surface area contributed by atoms with E-state index >= 15 is 0 Å². The Bertz CT molecular complexity index is 1170. The molecule has 0 spiro atoms. The number of hydrogen-bond acceptors (Lipinski definition) is 4. The fraction of sp³-hybridized carbons (Fsp3) is 0.481. The van der Waals surface area contributed by atoms with Gasteiger partial charge < -0.3 is 10.2 Å². The first kappa shape index (κ1) is 29.3. The molecular weight excluding hydrogens is 533 g/mol. The van der Waals surface area contributed by atoms with Crippen molar-refractivity contribution < 1.29 is 18.0 Å². The largest absolute Gasteiger partial charge is 0.352 e. The molecule has 3 rings (SSSR count). The molecule has 10 heteroatoms. The van der Waals surface area contributed by atoms with E-state index in [4.69, 9.17) is 23.2 Å². The third-order valence-electron chi connectivity index (χ3n) is 6.63. The predicted molar refractivity (Wildman–Crippen MR) is 149 cm³/mol. The summed E-state index contributed by atoms with van der Waals surface area (Å²) in [4.78, 5) is 28.1. The first-order valence-electron chi connectivity index (χ1n) is 12.6. The Morgan fingerprint density at radius 2 is 1.70 bits per heavy atom. The molecule has 2 amide bonds. The van der Waals surface area contributed by atoms with Crippen LogP contribution in [0.3, 0.4) is 0 Å². The molecule has 1 aliphatic carbocycles. The van der Waals surface area contributed by atoms with Crippen molar-refractivity contribution in [3.8, 4) is 0 Å². The molecule has 7 nitrogen and oxygen atoms in total. The van der Waals surface area contributed by atoms with Crippen molar-refractivity contribution in [2.45, 2.75) is 70.5 Å². The van der Waals surface area contributed by atoms with Gasteiger partial charge in [-0.3, -0.25) is 13.9 Å². The fourth-order valence-electron chi connectivity index (χ4n) is 4.57. The van der Waals surface area contributed by atoms with E-state index in [1.807, 2.05) is 12.1 Å². The highest BCUT2D eigenvalue weighted by molar-refractivity contribution is 7.92. The van der Waals surface area contributed by atoms with Crippen molar-refractivity contribution in [2.24, 2.45) is 0 Å². The molecule has 1 saturated carbocycles. The van der Waals surface area contributed by atoms with Crippen LogP contribution in [0.15, 0.2) is 48.5 Å². The van der Waals surface area contributed by atoms with Gasteiger partial charge in [0.05, 0.1) is 11.9 Å². The first-order valence-corrected chi connectivity index (χ1v) is 15.2. The maximum atomic E-state index is 13.4. The lowest BCUT2D eigenvalue weighted by atomic mass is 9.95. The lowest BCUT2D eigenvalue weighted by Crippen LogP contribution is -2.50. The number of nitrogens with zero attached hydrogens (tertiary/aromatic N) is 2. The third-order valence-corrected chi connectivity index (χ3v) is 8.31. The van der Waals surface area contributed by atoms with Crippen molar-refractivity contribution in [2.75, 3.05) is 17.1 Å². The van der Waals surface area contributed by atoms with Gasteiger partial charge in [0.1, 0.15) is 6.04 Å². The van der Waals surface area contributed by atoms with Crippen molar-refractivity contribution in [1.29, 1.82) is 0 Å². The van der Waals surface area contributed by atoms with Crippen molar-refractivity contribution >= 4 is 50.7 Å². The van der Waals surface area contributed by atoms with Gasteiger partial charge in [0.15, 0.2) is 0 Å². The lowest BCUT2D eigenvalue weighted by molar-refractivity contribution is -0.141. The van der Waals surface area contributed by atoms with Crippen LogP contribution in [0.4, 0.5) is 5.69 Å². The predicted octanol–water partition coefficient (Wildman–Crippen LogP) is 5.41. The van der Waals surface area contributed by atoms with Gasteiger partial charge in [-0.1, -0.05) is 60.7 Å². The number of hydrogen-bond donors (Lipinski definition) is 1. The fourth-order valence-corrected chi connectivity index (χ4v) is 5.84.